The van der Waals surface area contributed by atoms with Crippen LogP contribution in [-0.2, 0) is 0 Å². The van der Waals surface area contributed by atoms with Crippen LogP contribution in [-0.4, -0.2) is 0 Å². The number of ether oxygens (including phenoxy) is 1. The molecule has 1 aromatic rings. The maximum absolute atomic E-state index is 4.83. The van der Waals surface area contributed by atoms with E-state index in [-0.39, 0.29) is 0 Å². The standard InChI is InChI=1S/C7H4O/c1-2-4-7-6(3-1)5-8-7/h1-4H. The van der Waals surface area contributed by atoms with Crippen molar-refractivity contribution in [2.24, 2.45) is 0 Å². The smallest absolute Gasteiger partial charge is 0.234 e. The Bertz CT molecular complexity index is 182. The van der Waals surface area contributed by atoms with Gasteiger partial charge in [-0.25, -0.2) is 0 Å². The van der Waals surface area contributed by atoms with Crippen LogP contribution < -0.4 is 4.74 Å². The van der Waals surface area contributed by atoms with E-state index in [2.05, 4.69) is 6.61 Å². The molecule has 2 rings (SSSR count). The van der Waals surface area contributed by atoms with Crippen molar-refractivity contribution >= 4 is 0 Å². The van der Waals surface area contributed by atoms with E-state index < -0.39 is 0 Å². The van der Waals surface area contributed by atoms with Gasteiger partial charge in [-0.15, -0.1) is 0 Å². The predicted molar refractivity (Wildman–Crippen MR) is 29.4 cm³/mol. The largest absolute Gasteiger partial charge is 0.472 e. The summed E-state index contributed by atoms with van der Waals surface area (Å²) in [5.74, 6) is 0.938. The van der Waals surface area contributed by atoms with Gasteiger partial charge in [-0.1, -0.05) is 18.2 Å². The zero-order chi connectivity index (χ0) is 5.40. The maximum atomic E-state index is 4.83. The molecule has 0 aromatic heterocycles. The topological polar surface area (TPSA) is 9.23 Å². The molecule has 0 fully saturated rings. The van der Waals surface area contributed by atoms with Gasteiger partial charge in [0, 0.05) is 5.56 Å². The highest BCUT2D eigenvalue weighted by Crippen LogP contribution is 2.28. The zero-order valence-corrected chi connectivity index (χ0v) is 4.22. The van der Waals surface area contributed by atoms with E-state index in [1.807, 2.05) is 24.3 Å². The molecule has 1 aliphatic rings. The highest BCUT2D eigenvalue weighted by Gasteiger charge is 2.13. The first-order chi connectivity index (χ1) is 3.97. The summed E-state index contributed by atoms with van der Waals surface area (Å²) in [5, 5.41) is 0. The Morgan fingerprint density at radius 3 is 2.50 bits per heavy atom. The van der Waals surface area contributed by atoms with Gasteiger partial charge in [-0.05, 0) is 6.07 Å². The van der Waals surface area contributed by atoms with Gasteiger partial charge in [0.25, 0.3) is 0 Å². The van der Waals surface area contributed by atoms with Crippen LogP contribution in [0.4, 0.5) is 0 Å². The molecule has 0 spiro atoms. The summed E-state index contributed by atoms with van der Waals surface area (Å²) in [4.78, 5) is 0. The summed E-state index contributed by atoms with van der Waals surface area (Å²) in [7, 11) is 0. The fraction of sp³-hybridized carbons (Fsp3) is 0. The van der Waals surface area contributed by atoms with Gasteiger partial charge in [-0.3, -0.25) is 0 Å². The van der Waals surface area contributed by atoms with E-state index in [9.17, 15) is 0 Å². The van der Waals surface area contributed by atoms with Crippen molar-refractivity contribution < 1.29 is 4.74 Å². The molecule has 1 heteroatoms. The Morgan fingerprint density at radius 1 is 1.25 bits per heavy atom. The number of para-hydroxylation sites is 1. The average Bonchev–Trinajstić information content (AvgIpc) is 1.72. The first kappa shape index (κ1) is 3.96. The van der Waals surface area contributed by atoms with Gasteiger partial charge in [0.15, 0.2) is 0 Å². The third-order valence-electron chi connectivity index (χ3n) is 1.16. The minimum atomic E-state index is 0.938. The molecule has 0 aliphatic carbocycles. The van der Waals surface area contributed by atoms with E-state index in [0.717, 1.165) is 11.3 Å². The molecule has 0 saturated carbocycles. The van der Waals surface area contributed by atoms with Gasteiger partial charge >= 0.3 is 0 Å². The van der Waals surface area contributed by atoms with Crippen molar-refractivity contribution in [3.05, 3.63) is 36.4 Å². The second-order valence-electron chi connectivity index (χ2n) is 1.70. The average molecular weight is 104 g/mol. The highest BCUT2D eigenvalue weighted by molar-refractivity contribution is 5.44. The molecule has 2 radical (unpaired) electrons. The number of benzene rings is 1. The minimum Gasteiger partial charge on any atom is -0.472 e. The second-order valence-corrected chi connectivity index (χ2v) is 1.70. The lowest BCUT2D eigenvalue weighted by Gasteiger charge is -2.15. The number of hydrogen-bond donors (Lipinski definition) is 0. The van der Waals surface area contributed by atoms with Crippen molar-refractivity contribution in [3.8, 4) is 5.75 Å². The molecule has 0 saturated heterocycles. The van der Waals surface area contributed by atoms with Crippen molar-refractivity contribution in [1.29, 1.82) is 0 Å². The Labute approximate surface area is 47.9 Å². The molecule has 38 valence electrons. The van der Waals surface area contributed by atoms with Crippen LogP contribution in [0, 0.1) is 6.61 Å². The molecule has 0 N–H and O–H groups in total. The number of rotatable bonds is 0. The van der Waals surface area contributed by atoms with Gasteiger partial charge in [0.2, 0.25) is 6.61 Å². The third-order valence-corrected chi connectivity index (χ3v) is 1.16. The number of fused-ring (bicyclic) bond motifs is 1. The normalized spacial score (nSPS) is 13.5. The monoisotopic (exact) mass is 104 g/mol. The first-order valence-corrected chi connectivity index (χ1v) is 2.49. The van der Waals surface area contributed by atoms with Crippen LogP contribution in [0.3, 0.4) is 0 Å². The van der Waals surface area contributed by atoms with Crippen molar-refractivity contribution in [2.75, 3.05) is 0 Å². The molecule has 1 aromatic carbocycles. The lowest BCUT2D eigenvalue weighted by atomic mass is 10.1. The van der Waals surface area contributed by atoms with Gasteiger partial charge in [0.05, 0.1) is 0 Å². The molecular formula is C7H4O. The van der Waals surface area contributed by atoms with E-state index in [0.29, 0.717) is 0 Å². The summed E-state index contributed by atoms with van der Waals surface area (Å²) in [6.45, 7) is 2.69. The van der Waals surface area contributed by atoms with E-state index in [4.69, 9.17) is 4.74 Å². The highest BCUT2D eigenvalue weighted by atomic mass is 16.5. The molecule has 0 atom stereocenters. The minimum absolute atomic E-state index is 0.938. The maximum Gasteiger partial charge on any atom is 0.234 e. The lowest BCUT2D eigenvalue weighted by molar-refractivity contribution is 0.371. The fourth-order valence-electron chi connectivity index (χ4n) is 0.704. The second kappa shape index (κ2) is 1.25. The summed E-state index contributed by atoms with van der Waals surface area (Å²) in [6, 6.07) is 7.80. The van der Waals surface area contributed by atoms with Crippen LogP contribution >= 0.6 is 0 Å². The summed E-state index contributed by atoms with van der Waals surface area (Å²) >= 11 is 0. The van der Waals surface area contributed by atoms with E-state index in [1.54, 1.807) is 0 Å². The molecule has 0 amide bonds. The Kier molecular flexibility index (Phi) is 0.618. The summed E-state index contributed by atoms with van der Waals surface area (Å²) in [5.41, 5.74) is 1.08. The molecule has 1 heterocycles. The quantitative estimate of drug-likeness (QED) is 0.484. The number of hydrogen-bond acceptors (Lipinski definition) is 1. The summed E-state index contributed by atoms with van der Waals surface area (Å²) < 4.78 is 4.83. The molecule has 0 unspecified atom stereocenters. The van der Waals surface area contributed by atoms with Gasteiger partial charge < -0.3 is 4.74 Å². The lowest BCUT2D eigenvalue weighted by Crippen LogP contribution is -2.04. The van der Waals surface area contributed by atoms with Crippen molar-refractivity contribution in [2.45, 2.75) is 0 Å². The van der Waals surface area contributed by atoms with E-state index in [1.165, 1.54) is 0 Å². The summed E-state index contributed by atoms with van der Waals surface area (Å²) in [6.07, 6.45) is 0. The van der Waals surface area contributed by atoms with Crippen LogP contribution in [0.25, 0.3) is 0 Å². The van der Waals surface area contributed by atoms with Gasteiger partial charge in [-0.2, -0.15) is 0 Å². The Balaban J connectivity index is 2.62. The van der Waals surface area contributed by atoms with Crippen LogP contribution in [0.2, 0.25) is 0 Å². The van der Waals surface area contributed by atoms with Crippen molar-refractivity contribution in [1.82, 2.24) is 0 Å². The molecule has 1 nitrogen and oxygen atoms in total. The fourth-order valence-corrected chi connectivity index (χ4v) is 0.704. The van der Waals surface area contributed by atoms with Crippen molar-refractivity contribution in [3.63, 3.8) is 0 Å². The van der Waals surface area contributed by atoms with Crippen LogP contribution in [0.1, 0.15) is 5.56 Å². The molecule has 0 bridgehead atoms. The Morgan fingerprint density at radius 2 is 2.12 bits per heavy atom. The third kappa shape index (κ3) is 0.360. The van der Waals surface area contributed by atoms with Crippen LogP contribution in [0.15, 0.2) is 24.3 Å². The zero-order valence-electron chi connectivity index (χ0n) is 4.22. The molecule has 8 heavy (non-hydrogen) atoms. The molecule has 1 aliphatic heterocycles. The predicted octanol–water partition coefficient (Wildman–Crippen LogP) is 1.47. The molecular weight excluding hydrogens is 100 g/mol. The first-order valence-electron chi connectivity index (χ1n) is 2.49. The van der Waals surface area contributed by atoms with Crippen LogP contribution in [0.5, 0.6) is 5.75 Å². The van der Waals surface area contributed by atoms with E-state index >= 15 is 0 Å². The van der Waals surface area contributed by atoms with Gasteiger partial charge in [0.1, 0.15) is 5.75 Å². The SMILES string of the molecule is [C]1Oc2ccccc21. The Hall–Kier alpha value is -0.980.